The zero-order valence-electron chi connectivity index (χ0n) is 18.4. The maximum absolute atomic E-state index is 12.9. The Hall–Kier alpha value is -3.35. The number of rotatable bonds is 6. The maximum Gasteiger partial charge on any atom is 0.253 e. The lowest BCUT2D eigenvalue weighted by molar-refractivity contribution is 0.411. The van der Waals surface area contributed by atoms with E-state index in [-0.39, 0.29) is 5.56 Å². The first-order chi connectivity index (χ1) is 15.9. The number of halogens is 1. The first kappa shape index (κ1) is 22.8. The second kappa shape index (κ2) is 10.1. The molecule has 7 heteroatoms. The van der Waals surface area contributed by atoms with E-state index >= 15 is 0 Å². The SMILES string of the molecule is COc1ccc(NC(=S)N(Cc2ccccc2)Cc2cc3cc(C)c(Cl)cc3[nH]c2=O)cc1. The Morgan fingerprint density at radius 1 is 1.06 bits per heavy atom. The van der Waals surface area contributed by atoms with Crippen LogP contribution >= 0.6 is 23.8 Å². The van der Waals surface area contributed by atoms with Crippen molar-refractivity contribution in [1.29, 1.82) is 0 Å². The van der Waals surface area contributed by atoms with Crippen LogP contribution in [0.1, 0.15) is 16.7 Å². The highest BCUT2D eigenvalue weighted by molar-refractivity contribution is 7.80. The van der Waals surface area contributed by atoms with E-state index < -0.39 is 0 Å². The molecule has 33 heavy (non-hydrogen) atoms. The van der Waals surface area contributed by atoms with Gasteiger partial charge in [-0.25, -0.2) is 0 Å². The number of pyridine rings is 1. The Morgan fingerprint density at radius 2 is 1.79 bits per heavy atom. The maximum atomic E-state index is 12.9. The summed E-state index contributed by atoms with van der Waals surface area (Å²) in [5, 5.41) is 5.36. The van der Waals surface area contributed by atoms with Crippen molar-refractivity contribution < 1.29 is 4.74 Å². The van der Waals surface area contributed by atoms with Gasteiger partial charge < -0.3 is 19.9 Å². The van der Waals surface area contributed by atoms with Crippen LogP contribution in [-0.2, 0) is 13.1 Å². The van der Waals surface area contributed by atoms with Crippen LogP contribution in [0.15, 0.2) is 77.6 Å². The Labute approximate surface area is 203 Å². The third kappa shape index (κ3) is 5.53. The van der Waals surface area contributed by atoms with Crippen molar-refractivity contribution in [2.45, 2.75) is 20.0 Å². The summed E-state index contributed by atoms with van der Waals surface area (Å²) in [6.07, 6.45) is 0. The van der Waals surface area contributed by atoms with Gasteiger partial charge >= 0.3 is 0 Å². The lowest BCUT2D eigenvalue weighted by Crippen LogP contribution is -2.35. The highest BCUT2D eigenvalue weighted by Crippen LogP contribution is 2.23. The Kier molecular flexibility index (Phi) is 6.96. The molecule has 0 atom stereocenters. The number of hydrogen-bond donors (Lipinski definition) is 2. The van der Waals surface area contributed by atoms with Gasteiger partial charge in [0.1, 0.15) is 5.75 Å². The molecule has 0 aliphatic heterocycles. The molecule has 5 nitrogen and oxygen atoms in total. The van der Waals surface area contributed by atoms with E-state index in [1.165, 1.54) is 0 Å². The number of aryl methyl sites for hydroxylation is 1. The van der Waals surface area contributed by atoms with E-state index in [0.29, 0.717) is 34.3 Å². The predicted octanol–water partition coefficient (Wildman–Crippen LogP) is 5.90. The number of methoxy groups -OCH3 is 1. The van der Waals surface area contributed by atoms with Gasteiger partial charge in [0.25, 0.3) is 5.56 Å². The molecule has 0 aliphatic carbocycles. The number of aromatic nitrogens is 1. The number of nitrogens with one attached hydrogen (secondary N) is 2. The van der Waals surface area contributed by atoms with Gasteiger partial charge in [0.15, 0.2) is 5.11 Å². The van der Waals surface area contributed by atoms with Crippen molar-refractivity contribution in [3.8, 4) is 5.75 Å². The lowest BCUT2D eigenvalue weighted by Gasteiger charge is -2.26. The molecule has 0 bridgehead atoms. The molecular formula is C26H24ClN3O2S. The quantitative estimate of drug-likeness (QED) is 0.339. The number of benzene rings is 3. The summed E-state index contributed by atoms with van der Waals surface area (Å²) < 4.78 is 5.23. The summed E-state index contributed by atoms with van der Waals surface area (Å²) in [6, 6.07) is 23.3. The number of ether oxygens (including phenoxy) is 1. The largest absolute Gasteiger partial charge is 0.497 e. The third-order valence-corrected chi connectivity index (χ3v) is 6.17. The molecule has 0 aliphatic rings. The summed E-state index contributed by atoms with van der Waals surface area (Å²) in [7, 11) is 1.63. The standard InChI is InChI=1S/C26H24ClN3O2S/c1-17-12-19-13-20(25(31)29-24(19)14-23(17)27)16-30(15-18-6-4-3-5-7-18)26(33)28-21-8-10-22(32-2)11-9-21/h3-14H,15-16H2,1-2H3,(H,28,33)(H,29,31). The zero-order valence-corrected chi connectivity index (χ0v) is 20.0. The number of fused-ring (bicyclic) bond motifs is 1. The van der Waals surface area contributed by atoms with Crippen LogP contribution in [0.4, 0.5) is 5.69 Å². The Morgan fingerprint density at radius 3 is 2.48 bits per heavy atom. The molecule has 0 saturated carbocycles. The molecule has 1 aromatic heterocycles. The predicted molar refractivity (Wildman–Crippen MR) is 139 cm³/mol. The smallest absolute Gasteiger partial charge is 0.253 e. The normalized spacial score (nSPS) is 10.8. The van der Waals surface area contributed by atoms with Crippen LogP contribution in [0.5, 0.6) is 5.75 Å². The summed E-state index contributed by atoms with van der Waals surface area (Å²) >= 11 is 12.0. The number of hydrogen-bond acceptors (Lipinski definition) is 3. The number of thiocarbonyl (C=S) groups is 1. The molecule has 4 rings (SSSR count). The van der Waals surface area contributed by atoms with Gasteiger partial charge in [-0.05, 0) is 78.1 Å². The van der Waals surface area contributed by atoms with Crippen molar-refractivity contribution in [3.63, 3.8) is 0 Å². The Balaban J connectivity index is 1.64. The molecule has 3 aromatic carbocycles. The minimum absolute atomic E-state index is 0.160. The molecule has 0 saturated heterocycles. The first-order valence-electron chi connectivity index (χ1n) is 10.5. The van der Waals surface area contributed by atoms with Gasteiger partial charge in [-0.2, -0.15) is 0 Å². The van der Waals surface area contributed by atoms with Crippen LogP contribution < -0.4 is 15.6 Å². The van der Waals surface area contributed by atoms with Crippen LogP contribution in [0.2, 0.25) is 5.02 Å². The highest BCUT2D eigenvalue weighted by Gasteiger charge is 2.15. The average molecular weight is 478 g/mol. The highest BCUT2D eigenvalue weighted by atomic mass is 35.5. The number of aromatic amines is 1. The van der Waals surface area contributed by atoms with Crippen molar-refractivity contribution in [3.05, 3.63) is 105 Å². The molecule has 0 unspecified atom stereocenters. The van der Waals surface area contributed by atoms with E-state index in [1.54, 1.807) is 13.2 Å². The zero-order chi connectivity index (χ0) is 23.4. The summed E-state index contributed by atoms with van der Waals surface area (Å²) in [5.41, 5.74) is 4.08. The van der Waals surface area contributed by atoms with Crippen molar-refractivity contribution in [1.82, 2.24) is 9.88 Å². The van der Waals surface area contributed by atoms with Crippen LogP contribution in [-0.4, -0.2) is 22.1 Å². The second-order valence-corrected chi connectivity index (χ2v) is 8.61. The molecule has 0 spiro atoms. The molecule has 0 radical (unpaired) electrons. The van der Waals surface area contributed by atoms with E-state index in [2.05, 4.69) is 10.3 Å². The van der Waals surface area contributed by atoms with E-state index in [1.807, 2.05) is 78.6 Å². The number of anilines is 1. The second-order valence-electron chi connectivity index (χ2n) is 7.81. The van der Waals surface area contributed by atoms with Gasteiger partial charge in [0.05, 0.1) is 13.7 Å². The van der Waals surface area contributed by atoms with Gasteiger partial charge in [0.2, 0.25) is 0 Å². The van der Waals surface area contributed by atoms with Crippen molar-refractivity contribution >= 4 is 45.5 Å². The minimum atomic E-state index is -0.160. The molecule has 4 aromatic rings. The van der Waals surface area contributed by atoms with E-state index in [9.17, 15) is 4.79 Å². The topological polar surface area (TPSA) is 57.4 Å². The molecular weight excluding hydrogens is 454 g/mol. The van der Waals surface area contributed by atoms with E-state index in [4.69, 9.17) is 28.6 Å². The molecule has 168 valence electrons. The molecule has 0 fully saturated rings. The van der Waals surface area contributed by atoms with Gasteiger partial charge in [-0.15, -0.1) is 0 Å². The van der Waals surface area contributed by atoms with Crippen LogP contribution in [0, 0.1) is 6.92 Å². The average Bonchev–Trinajstić information content (AvgIpc) is 2.81. The third-order valence-electron chi connectivity index (χ3n) is 5.41. The summed E-state index contributed by atoms with van der Waals surface area (Å²) in [4.78, 5) is 17.8. The van der Waals surface area contributed by atoms with Crippen LogP contribution in [0.3, 0.4) is 0 Å². The van der Waals surface area contributed by atoms with Crippen molar-refractivity contribution in [2.24, 2.45) is 0 Å². The summed E-state index contributed by atoms with van der Waals surface area (Å²) in [5.74, 6) is 0.769. The fourth-order valence-corrected chi connectivity index (χ4v) is 4.00. The molecule has 1 heterocycles. The van der Waals surface area contributed by atoms with Gasteiger partial charge in [-0.3, -0.25) is 4.79 Å². The minimum Gasteiger partial charge on any atom is -0.497 e. The Bertz CT molecular complexity index is 1340. The number of H-pyrrole nitrogens is 1. The fourth-order valence-electron chi connectivity index (χ4n) is 3.59. The van der Waals surface area contributed by atoms with Gasteiger partial charge in [0, 0.05) is 28.3 Å². The van der Waals surface area contributed by atoms with Crippen molar-refractivity contribution in [2.75, 3.05) is 12.4 Å². The fraction of sp³-hybridized carbons (Fsp3) is 0.154. The lowest BCUT2D eigenvalue weighted by atomic mass is 10.1. The monoisotopic (exact) mass is 477 g/mol. The first-order valence-corrected chi connectivity index (χ1v) is 11.3. The number of nitrogens with zero attached hydrogens (tertiary/aromatic N) is 1. The molecule has 0 amide bonds. The molecule has 2 N–H and O–H groups in total. The van der Waals surface area contributed by atoms with Gasteiger partial charge in [-0.1, -0.05) is 41.9 Å². The summed E-state index contributed by atoms with van der Waals surface area (Å²) in [6.45, 7) is 2.85. The van der Waals surface area contributed by atoms with E-state index in [0.717, 1.165) is 28.0 Å². The van der Waals surface area contributed by atoms with Crippen LogP contribution in [0.25, 0.3) is 10.9 Å².